The second kappa shape index (κ2) is 5.34. The Kier molecular flexibility index (Phi) is 4.10. The summed E-state index contributed by atoms with van der Waals surface area (Å²) in [5.74, 6) is -4.51. The molecule has 0 radical (unpaired) electrons. The Balaban J connectivity index is 3.01. The molecule has 3 nitrogen and oxygen atoms in total. The minimum Gasteiger partial charge on any atom is -0.340 e. The SMILES string of the molecule is CN(CCC#N)C(=O)c1c(F)cc(F)cc1F. The Morgan fingerprint density at radius 1 is 1.35 bits per heavy atom. The van der Waals surface area contributed by atoms with Gasteiger partial charge in [-0.1, -0.05) is 0 Å². The van der Waals surface area contributed by atoms with Crippen LogP contribution in [-0.4, -0.2) is 24.4 Å². The molecule has 0 spiro atoms. The highest BCUT2D eigenvalue weighted by Gasteiger charge is 2.21. The van der Waals surface area contributed by atoms with Gasteiger partial charge in [-0.2, -0.15) is 5.26 Å². The van der Waals surface area contributed by atoms with Crippen molar-refractivity contribution in [2.45, 2.75) is 6.42 Å². The van der Waals surface area contributed by atoms with Gasteiger partial charge in [0, 0.05) is 25.7 Å². The van der Waals surface area contributed by atoms with E-state index in [-0.39, 0.29) is 13.0 Å². The van der Waals surface area contributed by atoms with Crippen LogP contribution in [0.1, 0.15) is 16.8 Å². The summed E-state index contributed by atoms with van der Waals surface area (Å²) in [6.07, 6.45) is 0.0483. The van der Waals surface area contributed by atoms with Crippen molar-refractivity contribution in [3.63, 3.8) is 0 Å². The third-order valence-corrected chi connectivity index (χ3v) is 2.13. The second-order valence-electron chi connectivity index (χ2n) is 3.38. The van der Waals surface area contributed by atoms with E-state index in [2.05, 4.69) is 0 Å². The minimum atomic E-state index is -1.25. The standard InChI is InChI=1S/C11H9F3N2O/c1-16(4-2-3-15)11(17)10-8(13)5-7(12)6-9(10)14/h5-6H,2,4H2,1H3. The highest BCUT2D eigenvalue weighted by Crippen LogP contribution is 2.16. The van der Waals surface area contributed by atoms with Crippen LogP contribution < -0.4 is 0 Å². The average molecular weight is 242 g/mol. The average Bonchev–Trinajstić information content (AvgIpc) is 2.24. The second-order valence-corrected chi connectivity index (χ2v) is 3.38. The minimum absolute atomic E-state index is 0.0472. The van der Waals surface area contributed by atoms with E-state index in [1.54, 1.807) is 6.07 Å². The fourth-order valence-corrected chi connectivity index (χ4v) is 1.26. The molecule has 1 rings (SSSR count). The molecule has 6 heteroatoms. The first-order valence-corrected chi connectivity index (χ1v) is 4.74. The van der Waals surface area contributed by atoms with Crippen LogP contribution in [0.25, 0.3) is 0 Å². The predicted octanol–water partition coefficient (Wildman–Crippen LogP) is 2.09. The monoisotopic (exact) mass is 242 g/mol. The van der Waals surface area contributed by atoms with Gasteiger partial charge in [-0.25, -0.2) is 13.2 Å². The van der Waals surface area contributed by atoms with Crippen LogP contribution >= 0.6 is 0 Å². The van der Waals surface area contributed by atoms with E-state index in [0.29, 0.717) is 12.1 Å². The molecule has 0 aliphatic carbocycles. The van der Waals surface area contributed by atoms with E-state index in [9.17, 15) is 18.0 Å². The van der Waals surface area contributed by atoms with Crippen molar-refractivity contribution >= 4 is 5.91 Å². The highest BCUT2D eigenvalue weighted by atomic mass is 19.1. The molecule has 0 aliphatic heterocycles. The van der Waals surface area contributed by atoms with E-state index < -0.39 is 28.9 Å². The summed E-state index contributed by atoms with van der Waals surface area (Å²) in [4.78, 5) is 12.6. The van der Waals surface area contributed by atoms with E-state index in [4.69, 9.17) is 5.26 Å². The number of carbonyl (C=O) groups excluding carboxylic acids is 1. The summed E-state index contributed by atoms with van der Waals surface area (Å²) in [6.45, 7) is 0.0472. The molecule has 0 saturated heterocycles. The van der Waals surface area contributed by atoms with Crippen LogP contribution in [0.4, 0.5) is 13.2 Å². The van der Waals surface area contributed by atoms with Crippen molar-refractivity contribution in [1.82, 2.24) is 4.90 Å². The lowest BCUT2D eigenvalue weighted by Gasteiger charge is -2.16. The lowest BCUT2D eigenvalue weighted by molar-refractivity contribution is 0.0788. The zero-order valence-electron chi connectivity index (χ0n) is 9.01. The van der Waals surface area contributed by atoms with Gasteiger partial charge in [0.2, 0.25) is 0 Å². The molecule has 0 aromatic heterocycles. The van der Waals surface area contributed by atoms with Crippen LogP contribution in [0.3, 0.4) is 0 Å². The maximum Gasteiger partial charge on any atom is 0.259 e. The first-order valence-electron chi connectivity index (χ1n) is 4.74. The summed E-state index contributed by atoms with van der Waals surface area (Å²) in [5.41, 5.74) is -0.813. The third-order valence-electron chi connectivity index (χ3n) is 2.13. The van der Waals surface area contributed by atoms with Gasteiger partial charge in [0.15, 0.2) is 0 Å². The normalized spacial score (nSPS) is 9.82. The molecule has 90 valence electrons. The van der Waals surface area contributed by atoms with E-state index in [0.717, 1.165) is 4.90 Å². The quantitative estimate of drug-likeness (QED) is 0.814. The van der Waals surface area contributed by atoms with Gasteiger partial charge < -0.3 is 4.90 Å². The Labute approximate surface area is 96.1 Å². The topological polar surface area (TPSA) is 44.1 Å². The van der Waals surface area contributed by atoms with Crippen molar-refractivity contribution in [2.24, 2.45) is 0 Å². The summed E-state index contributed by atoms with van der Waals surface area (Å²) in [5, 5.41) is 8.33. The van der Waals surface area contributed by atoms with Crippen LogP contribution in [-0.2, 0) is 0 Å². The lowest BCUT2D eigenvalue weighted by Crippen LogP contribution is -2.29. The Bertz CT molecular complexity index is 459. The van der Waals surface area contributed by atoms with E-state index in [1.807, 2.05) is 0 Å². The van der Waals surface area contributed by atoms with Crippen LogP contribution in [0, 0.1) is 28.8 Å². The van der Waals surface area contributed by atoms with Crippen LogP contribution in [0.5, 0.6) is 0 Å². The molecule has 1 aromatic carbocycles. The highest BCUT2D eigenvalue weighted by molar-refractivity contribution is 5.94. The largest absolute Gasteiger partial charge is 0.340 e. The van der Waals surface area contributed by atoms with Gasteiger partial charge in [0.05, 0.1) is 12.5 Å². The molecule has 0 heterocycles. The number of nitriles is 1. The van der Waals surface area contributed by atoms with Gasteiger partial charge >= 0.3 is 0 Å². The number of benzene rings is 1. The van der Waals surface area contributed by atoms with Gasteiger partial charge in [-0.05, 0) is 0 Å². The maximum atomic E-state index is 13.3. The Morgan fingerprint density at radius 3 is 2.35 bits per heavy atom. The molecule has 1 amide bonds. The third kappa shape index (κ3) is 2.97. The number of halogens is 3. The number of hydrogen-bond donors (Lipinski definition) is 0. The molecule has 0 saturated carbocycles. The van der Waals surface area contributed by atoms with Crippen molar-refractivity contribution < 1.29 is 18.0 Å². The number of nitrogens with zero attached hydrogens (tertiary/aromatic N) is 2. The molecule has 0 unspecified atom stereocenters. The molecule has 0 fully saturated rings. The van der Waals surface area contributed by atoms with Crippen LogP contribution in [0.2, 0.25) is 0 Å². The van der Waals surface area contributed by atoms with E-state index in [1.165, 1.54) is 7.05 Å². The van der Waals surface area contributed by atoms with Gasteiger partial charge in [0.1, 0.15) is 23.0 Å². The first kappa shape index (κ1) is 13.0. The van der Waals surface area contributed by atoms with Gasteiger partial charge in [-0.15, -0.1) is 0 Å². The van der Waals surface area contributed by atoms with Gasteiger partial charge in [-0.3, -0.25) is 4.79 Å². The molecule has 0 atom stereocenters. The summed E-state index contributed by atoms with van der Waals surface area (Å²) < 4.78 is 39.1. The zero-order chi connectivity index (χ0) is 13.0. The van der Waals surface area contributed by atoms with Crippen molar-refractivity contribution in [3.8, 4) is 6.07 Å². The maximum absolute atomic E-state index is 13.3. The molecule has 17 heavy (non-hydrogen) atoms. The molecular formula is C11H9F3N2O. The van der Waals surface area contributed by atoms with Crippen molar-refractivity contribution in [1.29, 1.82) is 5.26 Å². The predicted molar refractivity (Wildman–Crippen MR) is 53.5 cm³/mol. The Hall–Kier alpha value is -2.03. The molecule has 0 N–H and O–H groups in total. The van der Waals surface area contributed by atoms with E-state index >= 15 is 0 Å². The van der Waals surface area contributed by atoms with Crippen molar-refractivity contribution in [3.05, 3.63) is 35.1 Å². The summed E-state index contributed by atoms with van der Waals surface area (Å²) >= 11 is 0. The molecule has 0 aliphatic rings. The molecule has 1 aromatic rings. The fraction of sp³-hybridized carbons (Fsp3) is 0.273. The Morgan fingerprint density at radius 2 is 1.88 bits per heavy atom. The van der Waals surface area contributed by atoms with Gasteiger partial charge in [0.25, 0.3) is 5.91 Å². The zero-order valence-corrected chi connectivity index (χ0v) is 9.01. The lowest BCUT2D eigenvalue weighted by atomic mass is 10.1. The first-order chi connectivity index (χ1) is 7.97. The number of rotatable bonds is 3. The number of hydrogen-bond acceptors (Lipinski definition) is 2. The fourth-order valence-electron chi connectivity index (χ4n) is 1.26. The summed E-state index contributed by atoms with van der Waals surface area (Å²) in [6, 6.07) is 2.68. The number of carbonyl (C=O) groups is 1. The molecule has 0 bridgehead atoms. The molecular weight excluding hydrogens is 233 g/mol. The van der Waals surface area contributed by atoms with Crippen LogP contribution in [0.15, 0.2) is 12.1 Å². The van der Waals surface area contributed by atoms with Crippen molar-refractivity contribution in [2.75, 3.05) is 13.6 Å². The number of amides is 1. The summed E-state index contributed by atoms with van der Waals surface area (Å²) in [7, 11) is 1.31. The smallest absolute Gasteiger partial charge is 0.259 e.